The van der Waals surface area contributed by atoms with Gasteiger partial charge in [-0.15, -0.1) is 12.4 Å². The lowest BCUT2D eigenvalue weighted by Crippen LogP contribution is -1.89. The molecule has 0 amide bonds. The number of nitrogens with one attached hydrogen (secondary N) is 1. The molecule has 10 heavy (non-hydrogen) atoms. The van der Waals surface area contributed by atoms with Crippen LogP contribution in [0.5, 0.6) is 0 Å². The molecule has 1 heterocycles. The second-order valence-corrected chi connectivity index (χ2v) is 1.77. The molecular weight excluding hydrogens is 154 g/mol. The summed E-state index contributed by atoms with van der Waals surface area (Å²) in [5.41, 5.74) is 0. The van der Waals surface area contributed by atoms with Crippen molar-refractivity contribution in [3.05, 3.63) is 11.6 Å². The molecule has 0 saturated carbocycles. The molecule has 0 radical (unpaired) electrons. The van der Waals surface area contributed by atoms with E-state index < -0.39 is 0 Å². The lowest BCUT2D eigenvalue weighted by molar-refractivity contribution is 0.178. The summed E-state index contributed by atoms with van der Waals surface area (Å²) in [4.78, 5) is 4.01. The minimum absolute atomic E-state index is 0. The summed E-state index contributed by atoms with van der Waals surface area (Å²) < 4.78 is 4.80. The first-order valence-electron chi connectivity index (χ1n) is 2.69. The zero-order valence-corrected chi connectivity index (χ0v) is 6.73. The minimum atomic E-state index is 0. The number of nitrogens with zero attached hydrogens (tertiary/aromatic N) is 2. The maximum absolute atomic E-state index is 4.80. The first-order valence-corrected chi connectivity index (χ1v) is 2.69. The van der Waals surface area contributed by atoms with Crippen LogP contribution in [0.25, 0.3) is 0 Å². The summed E-state index contributed by atoms with van der Waals surface area (Å²) in [7, 11) is 1.62. The van der Waals surface area contributed by atoms with Crippen LogP contribution in [0, 0.1) is 6.92 Å². The van der Waals surface area contributed by atoms with Gasteiger partial charge in [-0.3, -0.25) is 5.10 Å². The number of H-pyrrole nitrogens is 1. The monoisotopic (exact) mass is 163 g/mol. The molecule has 0 aromatic carbocycles. The Morgan fingerprint density at radius 3 is 2.70 bits per heavy atom. The number of methoxy groups -OCH3 is 1. The van der Waals surface area contributed by atoms with E-state index in [1.165, 1.54) is 0 Å². The molecule has 1 N–H and O–H groups in total. The lowest BCUT2D eigenvalue weighted by Gasteiger charge is -1.86. The smallest absolute Gasteiger partial charge is 0.176 e. The summed E-state index contributed by atoms with van der Waals surface area (Å²) in [5.74, 6) is 1.53. The Balaban J connectivity index is 0.000000810. The van der Waals surface area contributed by atoms with Gasteiger partial charge in [0.1, 0.15) is 12.4 Å². The van der Waals surface area contributed by atoms with Crippen molar-refractivity contribution < 1.29 is 4.74 Å². The van der Waals surface area contributed by atoms with Crippen LogP contribution in [0.2, 0.25) is 0 Å². The predicted octanol–water partition coefficient (Wildman–Crippen LogP) is 0.681. The number of rotatable bonds is 2. The fourth-order valence-corrected chi connectivity index (χ4v) is 0.583. The van der Waals surface area contributed by atoms with Crippen LogP contribution < -0.4 is 0 Å². The van der Waals surface area contributed by atoms with E-state index in [1.54, 1.807) is 7.11 Å². The number of aromatic amines is 1. The topological polar surface area (TPSA) is 50.8 Å². The minimum Gasteiger partial charge on any atom is -0.377 e. The molecule has 0 bridgehead atoms. The van der Waals surface area contributed by atoms with E-state index in [0.717, 1.165) is 5.82 Å². The summed E-state index contributed by atoms with van der Waals surface area (Å²) in [6, 6.07) is 0. The van der Waals surface area contributed by atoms with Gasteiger partial charge in [0.25, 0.3) is 0 Å². The maximum Gasteiger partial charge on any atom is 0.176 e. The highest BCUT2D eigenvalue weighted by Crippen LogP contribution is 1.90. The van der Waals surface area contributed by atoms with Crippen molar-refractivity contribution >= 4 is 12.4 Å². The van der Waals surface area contributed by atoms with Gasteiger partial charge in [-0.1, -0.05) is 0 Å². The number of halogens is 1. The van der Waals surface area contributed by atoms with Gasteiger partial charge in [0.15, 0.2) is 5.82 Å². The molecule has 58 valence electrons. The summed E-state index contributed by atoms with van der Waals surface area (Å²) in [5, 5.41) is 6.56. The van der Waals surface area contributed by atoms with E-state index in [4.69, 9.17) is 4.74 Å². The highest BCUT2D eigenvalue weighted by molar-refractivity contribution is 5.85. The molecular formula is C5H10ClN3O. The number of ether oxygens (including phenoxy) is 1. The molecule has 0 aliphatic rings. The highest BCUT2D eigenvalue weighted by atomic mass is 35.5. The van der Waals surface area contributed by atoms with Crippen LogP contribution in [-0.4, -0.2) is 22.3 Å². The Labute approximate surface area is 65.4 Å². The number of hydrogen-bond acceptors (Lipinski definition) is 3. The van der Waals surface area contributed by atoms with Gasteiger partial charge in [-0.25, -0.2) is 4.98 Å². The summed E-state index contributed by atoms with van der Waals surface area (Å²) in [6.45, 7) is 2.33. The maximum atomic E-state index is 4.80. The zero-order chi connectivity index (χ0) is 6.69. The molecule has 0 spiro atoms. The number of aryl methyl sites for hydroxylation is 1. The fourth-order valence-electron chi connectivity index (χ4n) is 0.583. The van der Waals surface area contributed by atoms with Crippen molar-refractivity contribution in [3.63, 3.8) is 0 Å². The Morgan fingerprint density at radius 2 is 2.30 bits per heavy atom. The molecule has 0 atom stereocenters. The molecule has 0 unspecified atom stereocenters. The third-order valence-electron chi connectivity index (χ3n) is 0.917. The van der Waals surface area contributed by atoms with Crippen LogP contribution in [0.3, 0.4) is 0 Å². The predicted molar refractivity (Wildman–Crippen MR) is 39.1 cm³/mol. The largest absolute Gasteiger partial charge is 0.377 e. The molecule has 0 aliphatic heterocycles. The molecule has 1 aromatic heterocycles. The Hall–Kier alpha value is -0.610. The van der Waals surface area contributed by atoms with Gasteiger partial charge >= 0.3 is 0 Å². The Morgan fingerprint density at radius 1 is 1.60 bits per heavy atom. The van der Waals surface area contributed by atoms with Crippen LogP contribution in [0.15, 0.2) is 0 Å². The third-order valence-corrected chi connectivity index (χ3v) is 0.917. The van der Waals surface area contributed by atoms with Gasteiger partial charge in [0.2, 0.25) is 0 Å². The van der Waals surface area contributed by atoms with E-state index in [0.29, 0.717) is 12.4 Å². The molecule has 1 rings (SSSR count). The van der Waals surface area contributed by atoms with E-state index in [-0.39, 0.29) is 12.4 Å². The highest BCUT2D eigenvalue weighted by Gasteiger charge is 1.95. The van der Waals surface area contributed by atoms with Gasteiger partial charge in [0.05, 0.1) is 0 Å². The number of hydrogen-bond donors (Lipinski definition) is 1. The van der Waals surface area contributed by atoms with Crippen molar-refractivity contribution in [2.24, 2.45) is 0 Å². The fraction of sp³-hybridized carbons (Fsp3) is 0.600. The lowest BCUT2D eigenvalue weighted by atomic mass is 10.6. The van der Waals surface area contributed by atoms with E-state index in [9.17, 15) is 0 Å². The second kappa shape index (κ2) is 4.24. The molecule has 5 heteroatoms. The number of aromatic nitrogens is 3. The van der Waals surface area contributed by atoms with Gasteiger partial charge in [0, 0.05) is 7.11 Å². The standard InChI is InChI=1S/C5H9N3O.ClH/c1-4-6-5(3-9-2)8-7-4;/h3H2,1-2H3,(H,6,7,8);1H. The van der Waals surface area contributed by atoms with Gasteiger partial charge in [-0.2, -0.15) is 5.10 Å². The van der Waals surface area contributed by atoms with Gasteiger partial charge in [-0.05, 0) is 6.92 Å². The molecule has 0 aliphatic carbocycles. The van der Waals surface area contributed by atoms with Crippen molar-refractivity contribution in [2.75, 3.05) is 7.11 Å². The van der Waals surface area contributed by atoms with Crippen molar-refractivity contribution in [2.45, 2.75) is 13.5 Å². The first-order chi connectivity index (χ1) is 4.33. The Bertz CT molecular complexity index is 189. The third kappa shape index (κ3) is 2.33. The van der Waals surface area contributed by atoms with Crippen LogP contribution >= 0.6 is 12.4 Å². The van der Waals surface area contributed by atoms with Crippen molar-refractivity contribution in [3.8, 4) is 0 Å². The first kappa shape index (κ1) is 9.39. The molecule has 4 nitrogen and oxygen atoms in total. The van der Waals surface area contributed by atoms with E-state index in [2.05, 4.69) is 15.2 Å². The SMILES string of the molecule is COCc1n[nH]c(C)n1.Cl. The molecule has 0 fully saturated rings. The van der Waals surface area contributed by atoms with Crippen LogP contribution in [-0.2, 0) is 11.3 Å². The van der Waals surface area contributed by atoms with E-state index in [1.807, 2.05) is 6.92 Å². The van der Waals surface area contributed by atoms with Crippen molar-refractivity contribution in [1.29, 1.82) is 0 Å². The average Bonchev–Trinajstić information content (AvgIpc) is 2.17. The van der Waals surface area contributed by atoms with E-state index >= 15 is 0 Å². The second-order valence-electron chi connectivity index (χ2n) is 1.77. The normalized spacial score (nSPS) is 9.00. The molecule has 0 saturated heterocycles. The van der Waals surface area contributed by atoms with Crippen LogP contribution in [0.1, 0.15) is 11.6 Å². The van der Waals surface area contributed by atoms with Gasteiger partial charge < -0.3 is 4.74 Å². The zero-order valence-electron chi connectivity index (χ0n) is 5.92. The quantitative estimate of drug-likeness (QED) is 0.698. The molecule has 1 aromatic rings. The van der Waals surface area contributed by atoms with Crippen LogP contribution in [0.4, 0.5) is 0 Å². The Kier molecular flexibility index (Phi) is 3.99. The average molecular weight is 164 g/mol. The summed E-state index contributed by atoms with van der Waals surface area (Å²) >= 11 is 0. The van der Waals surface area contributed by atoms with Crippen molar-refractivity contribution in [1.82, 2.24) is 15.2 Å². The summed E-state index contributed by atoms with van der Waals surface area (Å²) in [6.07, 6.45) is 0.